The van der Waals surface area contributed by atoms with Gasteiger partial charge in [0.1, 0.15) is 6.61 Å². The van der Waals surface area contributed by atoms with Gasteiger partial charge in [0.2, 0.25) is 0 Å². The van der Waals surface area contributed by atoms with Crippen LogP contribution in [0, 0.1) is 0 Å². The molecular formula is C9H13NO5S2. The molecule has 1 unspecified atom stereocenters. The second kappa shape index (κ2) is 4.41. The van der Waals surface area contributed by atoms with Crippen LogP contribution < -0.4 is 0 Å². The Hall–Kier alpha value is -0.890. The molecule has 2 rings (SSSR count). The zero-order valence-electron chi connectivity index (χ0n) is 9.07. The molecule has 0 spiro atoms. The second-order valence-electron chi connectivity index (χ2n) is 4.07. The third-order valence-electron chi connectivity index (χ3n) is 2.74. The van der Waals surface area contributed by atoms with Gasteiger partial charge in [-0.2, -0.15) is 12.8 Å². The minimum atomic E-state index is -3.54. The number of sulfonamides is 1. The van der Waals surface area contributed by atoms with Crippen LogP contribution in [0.3, 0.4) is 0 Å². The number of hydrogen-bond donors (Lipinski definition) is 0. The third-order valence-corrected chi connectivity index (χ3v) is 5.92. The van der Waals surface area contributed by atoms with Crippen LogP contribution in [-0.2, 0) is 24.6 Å². The van der Waals surface area contributed by atoms with Crippen LogP contribution in [0.15, 0.2) is 15.6 Å². The van der Waals surface area contributed by atoms with Gasteiger partial charge in [-0.15, -0.1) is 0 Å². The van der Waals surface area contributed by atoms with Gasteiger partial charge in [0, 0.05) is 0 Å². The molecule has 96 valence electrons. The van der Waals surface area contributed by atoms with E-state index in [2.05, 4.69) is 4.40 Å². The molecule has 1 fully saturated rings. The second-order valence-corrected chi connectivity index (χ2v) is 7.94. The molecule has 0 aromatic rings. The fourth-order valence-corrected chi connectivity index (χ4v) is 4.28. The Balaban J connectivity index is 1.98. The zero-order chi connectivity index (χ0) is 12.5. The van der Waals surface area contributed by atoms with Gasteiger partial charge in [-0.05, 0) is 12.8 Å². The Morgan fingerprint density at radius 1 is 1.29 bits per heavy atom. The first-order valence-electron chi connectivity index (χ1n) is 5.25. The van der Waals surface area contributed by atoms with E-state index in [0.29, 0.717) is 12.8 Å². The van der Waals surface area contributed by atoms with E-state index in [9.17, 15) is 16.8 Å². The van der Waals surface area contributed by atoms with Crippen molar-refractivity contribution in [2.75, 3.05) is 12.4 Å². The molecule has 2 aliphatic rings. The average molecular weight is 279 g/mol. The molecule has 0 aromatic heterocycles. The van der Waals surface area contributed by atoms with E-state index in [-0.39, 0.29) is 18.1 Å². The molecule has 0 radical (unpaired) electrons. The van der Waals surface area contributed by atoms with Crippen LogP contribution in [0.25, 0.3) is 0 Å². The first-order chi connectivity index (χ1) is 7.89. The number of rotatable bonds is 3. The predicted molar refractivity (Wildman–Crippen MR) is 62.9 cm³/mol. The topological polar surface area (TPSA) is 89.9 Å². The highest BCUT2D eigenvalue weighted by atomic mass is 32.2. The summed E-state index contributed by atoms with van der Waals surface area (Å²) in [6.45, 7) is -0.00426. The van der Waals surface area contributed by atoms with Crippen LogP contribution >= 0.6 is 0 Å². The van der Waals surface area contributed by atoms with Crippen LogP contribution in [0.2, 0.25) is 0 Å². The van der Waals surface area contributed by atoms with Crippen molar-refractivity contribution < 1.29 is 21.6 Å². The summed E-state index contributed by atoms with van der Waals surface area (Å²) in [5, 5.41) is 0.358. The summed E-state index contributed by atoms with van der Waals surface area (Å²) in [5.41, 5.74) is 0. The summed E-state index contributed by atoms with van der Waals surface area (Å²) in [6.07, 6.45) is 3.21. The predicted octanol–water partition coefficient (Wildman–Crippen LogP) is 0.226. The van der Waals surface area contributed by atoms with Gasteiger partial charge in [-0.1, -0.05) is 6.42 Å². The minimum Gasteiger partial charge on any atom is -0.490 e. The van der Waals surface area contributed by atoms with Crippen molar-refractivity contribution in [1.82, 2.24) is 0 Å². The van der Waals surface area contributed by atoms with E-state index in [1.165, 1.54) is 0 Å². The van der Waals surface area contributed by atoms with Crippen molar-refractivity contribution in [2.24, 2.45) is 4.40 Å². The number of ether oxygens (including phenoxy) is 1. The lowest BCUT2D eigenvalue weighted by atomic mass is 10.2. The van der Waals surface area contributed by atoms with E-state index in [1.807, 2.05) is 0 Å². The van der Waals surface area contributed by atoms with Crippen molar-refractivity contribution >= 4 is 26.1 Å². The largest absolute Gasteiger partial charge is 0.490 e. The van der Waals surface area contributed by atoms with Gasteiger partial charge < -0.3 is 4.74 Å². The van der Waals surface area contributed by atoms with Crippen molar-refractivity contribution in [3.63, 3.8) is 0 Å². The quantitative estimate of drug-likeness (QED) is 0.737. The molecule has 0 bridgehead atoms. The van der Waals surface area contributed by atoms with Gasteiger partial charge in [-0.25, -0.2) is 8.42 Å². The summed E-state index contributed by atoms with van der Waals surface area (Å²) in [4.78, 5) is 0. The lowest BCUT2D eigenvalue weighted by Crippen LogP contribution is -2.32. The molecule has 2 heterocycles. The van der Waals surface area contributed by atoms with Crippen LogP contribution in [0.4, 0.5) is 0 Å². The van der Waals surface area contributed by atoms with Crippen molar-refractivity contribution in [1.29, 1.82) is 0 Å². The van der Waals surface area contributed by atoms with Gasteiger partial charge in [0.05, 0.1) is 22.6 Å². The van der Waals surface area contributed by atoms with Gasteiger partial charge in [-0.3, -0.25) is 0 Å². The molecule has 6 nitrogen and oxygen atoms in total. The number of nitrogens with zero attached hydrogens (tertiary/aromatic N) is 1. The van der Waals surface area contributed by atoms with Gasteiger partial charge in [0.25, 0.3) is 10.0 Å². The molecule has 17 heavy (non-hydrogen) atoms. The summed E-state index contributed by atoms with van der Waals surface area (Å²) in [6, 6.07) is 0. The third kappa shape index (κ3) is 3.06. The van der Waals surface area contributed by atoms with E-state index in [0.717, 1.165) is 18.0 Å². The zero-order valence-corrected chi connectivity index (χ0v) is 10.7. The minimum absolute atomic E-state index is 0.00426. The molecule has 0 N–H and O–H groups in total. The maximum atomic E-state index is 11.7. The van der Waals surface area contributed by atoms with Crippen molar-refractivity contribution in [2.45, 2.75) is 24.5 Å². The van der Waals surface area contributed by atoms with Crippen LogP contribution in [-0.4, -0.2) is 40.7 Å². The highest BCUT2D eigenvalue weighted by molar-refractivity contribution is 7.93. The first-order valence-corrected chi connectivity index (χ1v) is 8.47. The van der Waals surface area contributed by atoms with Crippen molar-refractivity contribution in [3.8, 4) is 0 Å². The molecule has 0 aliphatic carbocycles. The van der Waals surface area contributed by atoms with E-state index in [4.69, 9.17) is 4.74 Å². The average Bonchev–Trinajstić information content (AvgIpc) is 2.56. The highest BCUT2D eigenvalue weighted by Gasteiger charge is 2.29. The normalized spacial score (nSPS) is 29.9. The molecule has 0 saturated carbocycles. The molecule has 0 aromatic carbocycles. The summed E-state index contributed by atoms with van der Waals surface area (Å²) in [7, 11) is -6.63. The molecular weight excluding hydrogens is 266 g/mol. The maximum absolute atomic E-state index is 11.7. The standard InChI is InChI=1S/C9H13NO5S2/c11-16(12)4-2-1-3-9(16)6-15-8-5-10-17(13,14)7-8/h5,7,9H,1-4,6H2. The van der Waals surface area contributed by atoms with Crippen molar-refractivity contribution in [3.05, 3.63) is 11.2 Å². The van der Waals surface area contributed by atoms with Crippen LogP contribution in [0.5, 0.6) is 0 Å². The molecule has 8 heteroatoms. The van der Waals surface area contributed by atoms with Crippen LogP contribution in [0.1, 0.15) is 19.3 Å². The SMILES string of the molecule is O=S1(=O)C=C(OCC2CCCCS2(=O)=O)C=N1. The number of sulfone groups is 1. The monoisotopic (exact) mass is 279 g/mol. The van der Waals surface area contributed by atoms with E-state index >= 15 is 0 Å². The fraction of sp³-hybridized carbons (Fsp3) is 0.667. The summed E-state index contributed by atoms with van der Waals surface area (Å²) >= 11 is 0. The molecule has 2 aliphatic heterocycles. The number of hydrogen-bond acceptors (Lipinski definition) is 5. The molecule has 1 atom stereocenters. The van der Waals surface area contributed by atoms with Gasteiger partial charge >= 0.3 is 0 Å². The lowest BCUT2D eigenvalue weighted by molar-refractivity contribution is 0.225. The molecule has 1 saturated heterocycles. The Labute approximate surface area is 100 Å². The smallest absolute Gasteiger partial charge is 0.279 e. The Morgan fingerprint density at radius 2 is 2.06 bits per heavy atom. The molecule has 0 amide bonds. The Kier molecular flexibility index (Phi) is 3.26. The summed E-state index contributed by atoms with van der Waals surface area (Å²) in [5.74, 6) is 0.290. The first kappa shape index (κ1) is 12.6. The van der Waals surface area contributed by atoms with E-state index in [1.54, 1.807) is 0 Å². The highest BCUT2D eigenvalue weighted by Crippen LogP contribution is 2.21. The Bertz CT molecular complexity index is 558. The van der Waals surface area contributed by atoms with E-state index < -0.39 is 25.1 Å². The maximum Gasteiger partial charge on any atom is 0.279 e. The Morgan fingerprint density at radius 3 is 2.65 bits per heavy atom. The van der Waals surface area contributed by atoms with Gasteiger partial charge in [0.15, 0.2) is 15.6 Å². The fourth-order valence-electron chi connectivity index (χ4n) is 1.80. The lowest BCUT2D eigenvalue weighted by Gasteiger charge is -2.21. The number of allylic oxidation sites excluding steroid dienone is 1. The summed E-state index contributed by atoms with van der Waals surface area (Å²) < 4.78 is 53.6.